The number of hydrogen-bond donors (Lipinski definition) is 2. The van der Waals surface area contributed by atoms with Crippen molar-refractivity contribution in [1.29, 1.82) is 0 Å². The Morgan fingerprint density at radius 2 is 2.07 bits per heavy atom. The number of aromatic nitrogens is 3. The molecule has 0 radical (unpaired) electrons. The fourth-order valence-electron chi connectivity index (χ4n) is 2.60. The highest BCUT2D eigenvalue weighted by molar-refractivity contribution is 5.80. The van der Waals surface area contributed by atoms with Gasteiger partial charge in [-0.15, -0.1) is 10.2 Å². The summed E-state index contributed by atoms with van der Waals surface area (Å²) in [6, 6.07) is 4.98. The van der Waals surface area contributed by atoms with Gasteiger partial charge in [-0.05, 0) is 31.5 Å². The summed E-state index contributed by atoms with van der Waals surface area (Å²) in [4.78, 5) is 4.50. The number of rotatable bonds is 7. The zero-order valence-electron chi connectivity index (χ0n) is 15.7. The zero-order chi connectivity index (χ0) is 19.9. The van der Waals surface area contributed by atoms with E-state index in [1.807, 2.05) is 18.4 Å². The molecule has 1 unspecified atom stereocenters. The molecule has 1 aromatic heterocycles. The molecule has 27 heavy (non-hydrogen) atoms. The molecule has 0 amide bonds. The number of aryl methyl sites for hydroxylation is 1. The van der Waals surface area contributed by atoms with Crippen molar-refractivity contribution in [2.24, 2.45) is 4.99 Å². The summed E-state index contributed by atoms with van der Waals surface area (Å²) in [5.74, 6) is 1.44. The van der Waals surface area contributed by atoms with E-state index in [0.29, 0.717) is 31.2 Å². The number of benzene rings is 1. The second-order valence-electron chi connectivity index (χ2n) is 6.04. The lowest BCUT2D eigenvalue weighted by molar-refractivity contribution is -0.137. The van der Waals surface area contributed by atoms with E-state index in [4.69, 9.17) is 0 Å². The van der Waals surface area contributed by atoms with Crippen LogP contribution in [-0.4, -0.2) is 33.8 Å². The van der Waals surface area contributed by atoms with E-state index in [0.717, 1.165) is 24.4 Å². The van der Waals surface area contributed by atoms with Crippen molar-refractivity contribution >= 4 is 5.96 Å². The monoisotopic (exact) mass is 382 g/mol. The van der Waals surface area contributed by atoms with E-state index in [9.17, 15) is 13.2 Å². The van der Waals surface area contributed by atoms with E-state index in [1.165, 1.54) is 6.07 Å². The summed E-state index contributed by atoms with van der Waals surface area (Å²) in [5.41, 5.74) is -0.113. The van der Waals surface area contributed by atoms with Gasteiger partial charge in [0.05, 0.1) is 18.2 Å². The Kier molecular flexibility index (Phi) is 7.20. The maximum absolute atomic E-state index is 12.9. The minimum absolute atomic E-state index is 0.328. The third-order valence-electron chi connectivity index (χ3n) is 4.03. The predicted molar refractivity (Wildman–Crippen MR) is 98.4 cm³/mol. The number of alkyl halides is 3. The zero-order valence-corrected chi connectivity index (χ0v) is 15.7. The van der Waals surface area contributed by atoms with Gasteiger partial charge in [0.25, 0.3) is 0 Å². The normalized spacial score (nSPS) is 13.5. The van der Waals surface area contributed by atoms with Crippen LogP contribution < -0.4 is 10.6 Å². The highest BCUT2D eigenvalue weighted by Crippen LogP contribution is 2.30. The summed E-state index contributed by atoms with van der Waals surface area (Å²) in [6.45, 7) is 7.51. The van der Waals surface area contributed by atoms with Crippen LogP contribution in [0.5, 0.6) is 0 Å². The molecule has 0 bridgehead atoms. The molecule has 2 rings (SSSR count). The lowest BCUT2D eigenvalue weighted by Crippen LogP contribution is -2.39. The molecule has 1 atom stereocenters. The van der Waals surface area contributed by atoms with Gasteiger partial charge in [0.2, 0.25) is 0 Å². The molecule has 0 saturated carbocycles. The molecular weight excluding hydrogens is 357 g/mol. The molecule has 0 aliphatic carbocycles. The van der Waals surface area contributed by atoms with E-state index >= 15 is 0 Å². The topological polar surface area (TPSA) is 67.1 Å². The first-order chi connectivity index (χ1) is 12.8. The van der Waals surface area contributed by atoms with Crippen LogP contribution >= 0.6 is 0 Å². The standard InChI is InChI=1S/C18H25F3N6/c1-4-16-26-24-12-27(16)10-9-23-17(22-5-2)25-13(3)14-7-6-8-15(11-14)18(19,20)21/h6-8,11-13H,4-5,9-10H2,1-3H3,(H2,22,23,25). The fraction of sp³-hybridized carbons (Fsp3) is 0.500. The molecule has 148 valence electrons. The summed E-state index contributed by atoms with van der Waals surface area (Å²) in [5, 5.41) is 14.2. The van der Waals surface area contributed by atoms with Gasteiger partial charge in [-0.1, -0.05) is 19.1 Å². The molecule has 0 aliphatic rings. The van der Waals surface area contributed by atoms with Crippen molar-refractivity contribution in [3.63, 3.8) is 0 Å². The third-order valence-corrected chi connectivity index (χ3v) is 4.03. The maximum Gasteiger partial charge on any atom is 0.416 e. The van der Waals surface area contributed by atoms with Gasteiger partial charge in [-0.3, -0.25) is 4.99 Å². The number of nitrogens with zero attached hydrogens (tertiary/aromatic N) is 4. The largest absolute Gasteiger partial charge is 0.416 e. The van der Waals surface area contributed by atoms with Crippen LogP contribution in [0, 0.1) is 0 Å². The second kappa shape index (κ2) is 9.38. The number of halogens is 3. The van der Waals surface area contributed by atoms with Gasteiger partial charge in [0.15, 0.2) is 5.96 Å². The third kappa shape index (κ3) is 5.97. The van der Waals surface area contributed by atoms with Crippen LogP contribution in [-0.2, 0) is 19.1 Å². The molecule has 0 saturated heterocycles. The number of aliphatic imine (C=N–C) groups is 1. The van der Waals surface area contributed by atoms with Crippen LogP contribution in [0.3, 0.4) is 0 Å². The number of guanidine groups is 1. The van der Waals surface area contributed by atoms with Crippen molar-refractivity contribution in [2.75, 3.05) is 13.1 Å². The summed E-state index contributed by atoms with van der Waals surface area (Å²) < 4.78 is 40.7. The number of hydrogen-bond acceptors (Lipinski definition) is 3. The number of nitrogens with one attached hydrogen (secondary N) is 2. The highest BCUT2D eigenvalue weighted by Gasteiger charge is 2.30. The predicted octanol–water partition coefficient (Wildman–Crippen LogP) is 3.18. The summed E-state index contributed by atoms with van der Waals surface area (Å²) in [6.07, 6.45) is -1.90. The Labute approximate surface area is 156 Å². The first-order valence-corrected chi connectivity index (χ1v) is 8.93. The maximum atomic E-state index is 12.9. The van der Waals surface area contributed by atoms with E-state index in [2.05, 4.69) is 25.8 Å². The van der Waals surface area contributed by atoms with Crippen molar-refractivity contribution in [2.45, 2.75) is 46.0 Å². The Balaban J connectivity index is 2.04. The Morgan fingerprint density at radius 1 is 1.30 bits per heavy atom. The van der Waals surface area contributed by atoms with Gasteiger partial charge in [-0.2, -0.15) is 13.2 Å². The Bertz CT molecular complexity index is 754. The van der Waals surface area contributed by atoms with Crippen LogP contribution in [0.15, 0.2) is 35.6 Å². The molecule has 0 spiro atoms. The van der Waals surface area contributed by atoms with Crippen molar-refractivity contribution in [1.82, 2.24) is 25.4 Å². The molecule has 0 aliphatic heterocycles. The molecule has 1 heterocycles. The SMILES string of the molecule is CCNC(=NCCn1cnnc1CC)NC(C)c1cccc(C(F)(F)F)c1. The van der Waals surface area contributed by atoms with Crippen LogP contribution in [0.1, 0.15) is 43.8 Å². The Morgan fingerprint density at radius 3 is 2.74 bits per heavy atom. The summed E-state index contributed by atoms with van der Waals surface area (Å²) in [7, 11) is 0. The minimum atomic E-state index is -4.36. The average Bonchev–Trinajstić information content (AvgIpc) is 3.08. The van der Waals surface area contributed by atoms with Crippen LogP contribution in [0.2, 0.25) is 0 Å². The first-order valence-electron chi connectivity index (χ1n) is 8.93. The quantitative estimate of drug-likeness (QED) is 0.570. The van der Waals surface area contributed by atoms with E-state index < -0.39 is 11.7 Å². The van der Waals surface area contributed by atoms with Crippen molar-refractivity contribution < 1.29 is 13.2 Å². The minimum Gasteiger partial charge on any atom is -0.357 e. The fourth-order valence-corrected chi connectivity index (χ4v) is 2.60. The average molecular weight is 382 g/mol. The highest BCUT2D eigenvalue weighted by atomic mass is 19.4. The van der Waals surface area contributed by atoms with Crippen LogP contribution in [0.25, 0.3) is 0 Å². The smallest absolute Gasteiger partial charge is 0.357 e. The summed E-state index contributed by atoms with van der Waals surface area (Å²) >= 11 is 0. The van der Waals surface area contributed by atoms with Gasteiger partial charge >= 0.3 is 6.18 Å². The van der Waals surface area contributed by atoms with Gasteiger partial charge in [0.1, 0.15) is 12.2 Å². The first kappa shape index (κ1) is 20.7. The van der Waals surface area contributed by atoms with E-state index in [1.54, 1.807) is 19.3 Å². The lowest BCUT2D eigenvalue weighted by Gasteiger charge is -2.19. The van der Waals surface area contributed by atoms with Gasteiger partial charge < -0.3 is 15.2 Å². The molecule has 2 N–H and O–H groups in total. The lowest BCUT2D eigenvalue weighted by atomic mass is 10.1. The molecule has 0 fully saturated rings. The van der Waals surface area contributed by atoms with Crippen LogP contribution in [0.4, 0.5) is 13.2 Å². The van der Waals surface area contributed by atoms with Gasteiger partial charge in [-0.25, -0.2) is 0 Å². The molecule has 6 nitrogen and oxygen atoms in total. The van der Waals surface area contributed by atoms with Gasteiger partial charge in [0, 0.05) is 19.5 Å². The molecule has 9 heteroatoms. The molecule has 2 aromatic rings. The molecular formula is C18H25F3N6. The molecule has 1 aromatic carbocycles. The van der Waals surface area contributed by atoms with Crippen molar-refractivity contribution in [3.8, 4) is 0 Å². The van der Waals surface area contributed by atoms with Crippen molar-refractivity contribution in [3.05, 3.63) is 47.5 Å². The second-order valence-corrected chi connectivity index (χ2v) is 6.04. The van der Waals surface area contributed by atoms with E-state index in [-0.39, 0.29) is 6.04 Å². The Hall–Kier alpha value is -2.58.